The average Bonchev–Trinajstić information content (AvgIpc) is 2.46. The summed E-state index contributed by atoms with van der Waals surface area (Å²) in [5.41, 5.74) is 2.25. The number of benzene rings is 2. The zero-order valence-corrected chi connectivity index (χ0v) is 11.0. The highest BCUT2D eigenvalue weighted by Crippen LogP contribution is 2.20. The Labute approximate surface area is 112 Å². The van der Waals surface area contributed by atoms with Crippen molar-refractivity contribution in [2.24, 2.45) is 0 Å². The van der Waals surface area contributed by atoms with Crippen LogP contribution < -0.4 is 0 Å². The molecule has 0 aliphatic rings. The molecular formula is C16H16O3. The van der Waals surface area contributed by atoms with Crippen LogP contribution in [0.4, 0.5) is 0 Å². The summed E-state index contributed by atoms with van der Waals surface area (Å²) in [6.07, 6.45) is -0.687. The molecule has 0 N–H and O–H groups in total. The van der Waals surface area contributed by atoms with Gasteiger partial charge in [-0.15, -0.1) is 0 Å². The number of esters is 1. The molecule has 0 amide bonds. The van der Waals surface area contributed by atoms with Gasteiger partial charge in [-0.3, -0.25) is 0 Å². The molecule has 0 aromatic heterocycles. The predicted octanol–water partition coefficient (Wildman–Crippen LogP) is 3.50. The van der Waals surface area contributed by atoms with E-state index in [4.69, 9.17) is 9.47 Å². The van der Waals surface area contributed by atoms with Gasteiger partial charge >= 0.3 is 5.97 Å². The Morgan fingerprint density at radius 1 is 1.00 bits per heavy atom. The van der Waals surface area contributed by atoms with E-state index in [9.17, 15) is 4.79 Å². The van der Waals surface area contributed by atoms with E-state index >= 15 is 0 Å². The minimum Gasteiger partial charge on any atom is -0.428 e. The van der Waals surface area contributed by atoms with Crippen LogP contribution in [0.15, 0.2) is 54.6 Å². The maximum absolute atomic E-state index is 12.1. The number of ether oxygens (including phenoxy) is 2. The second-order valence-electron chi connectivity index (χ2n) is 4.20. The zero-order valence-electron chi connectivity index (χ0n) is 11.0. The molecule has 0 spiro atoms. The third kappa shape index (κ3) is 3.20. The van der Waals surface area contributed by atoms with Gasteiger partial charge < -0.3 is 9.47 Å². The van der Waals surface area contributed by atoms with Gasteiger partial charge in [0.2, 0.25) is 6.29 Å². The lowest BCUT2D eigenvalue weighted by Crippen LogP contribution is -2.14. The first kappa shape index (κ1) is 13.3. The van der Waals surface area contributed by atoms with Gasteiger partial charge in [0.15, 0.2) is 0 Å². The minimum atomic E-state index is -0.687. The Morgan fingerprint density at radius 3 is 2.26 bits per heavy atom. The van der Waals surface area contributed by atoms with E-state index in [1.54, 1.807) is 6.07 Å². The predicted molar refractivity (Wildman–Crippen MR) is 72.8 cm³/mol. The fourth-order valence-electron chi connectivity index (χ4n) is 1.83. The summed E-state index contributed by atoms with van der Waals surface area (Å²) >= 11 is 0. The minimum absolute atomic E-state index is 0.381. The van der Waals surface area contributed by atoms with E-state index in [0.717, 1.165) is 11.1 Å². The van der Waals surface area contributed by atoms with E-state index in [0.29, 0.717) is 5.56 Å². The van der Waals surface area contributed by atoms with Gasteiger partial charge in [0.1, 0.15) is 0 Å². The molecule has 2 aromatic rings. The number of carbonyl (C=O) groups is 1. The first-order valence-corrected chi connectivity index (χ1v) is 6.06. The second kappa shape index (κ2) is 6.16. The van der Waals surface area contributed by atoms with Crippen LogP contribution in [-0.2, 0) is 9.47 Å². The summed E-state index contributed by atoms with van der Waals surface area (Å²) in [4.78, 5) is 12.1. The molecule has 0 aliphatic heterocycles. The smallest absolute Gasteiger partial charge is 0.340 e. The van der Waals surface area contributed by atoms with E-state index in [-0.39, 0.29) is 5.97 Å². The van der Waals surface area contributed by atoms with Crippen molar-refractivity contribution in [3.05, 3.63) is 71.3 Å². The SMILES string of the molecule is COC(OC(=O)c1ccccc1C)c1ccccc1. The Kier molecular flexibility index (Phi) is 4.31. The Balaban J connectivity index is 2.16. The van der Waals surface area contributed by atoms with Crippen molar-refractivity contribution in [3.8, 4) is 0 Å². The molecule has 0 saturated heterocycles. The number of methoxy groups -OCH3 is 1. The molecule has 0 radical (unpaired) electrons. The van der Waals surface area contributed by atoms with Crippen molar-refractivity contribution < 1.29 is 14.3 Å². The fourth-order valence-corrected chi connectivity index (χ4v) is 1.83. The molecule has 0 bridgehead atoms. The average molecular weight is 256 g/mol. The van der Waals surface area contributed by atoms with Crippen molar-refractivity contribution >= 4 is 5.97 Å². The van der Waals surface area contributed by atoms with Crippen LogP contribution in [-0.4, -0.2) is 13.1 Å². The molecule has 0 heterocycles. The lowest BCUT2D eigenvalue weighted by molar-refractivity contribution is -0.0927. The maximum atomic E-state index is 12.1. The van der Waals surface area contributed by atoms with E-state index < -0.39 is 6.29 Å². The largest absolute Gasteiger partial charge is 0.428 e. The number of rotatable bonds is 4. The molecular weight excluding hydrogens is 240 g/mol. The Bertz CT molecular complexity index is 549. The number of aryl methyl sites for hydroxylation is 1. The molecule has 19 heavy (non-hydrogen) atoms. The van der Waals surface area contributed by atoms with Crippen molar-refractivity contribution in [1.29, 1.82) is 0 Å². The van der Waals surface area contributed by atoms with Gasteiger partial charge in [-0.25, -0.2) is 4.79 Å². The second-order valence-corrected chi connectivity index (χ2v) is 4.20. The molecule has 1 atom stereocenters. The summed E-state index contributed by atoms with van der Waals surface area (Å²) in [6, 6.07) is 16.7. The zero-order chi connectivity index (χ0) is 13.7. The van der Waals surface area contributed by atoms with E-state index in [1.165, 1.54) is 7.11 Å². The van der Waals surface area contributed by atoms with Crippen LogP contribution in [0.5, 0.6) is 0 Å². The van der Waals surface area contributed by atoms with Crippen molar-refractivity contribution in [2.75, 3.05) is 7.11 Å². The number of hydrogen-bond donors (Lipinski definition) is 0. The van der Waals surface area contributed by atoms with Gasteiger partial charge in [0.25, 0.3) is 0 Å². The molecule has 2 rings (SSSR count). The molecule has 1 unspecified atom stereocenters. The topological polar surface area (TPSA) is 35.5 Å². The van der Waals surface area contributed by atoms with Gasteiger partial charge in [0.05, 0.1) is 5.56 Å². The third-order valence-electron chi connectivity index (χ3n) is 2.86. The van der Waals surface area contributed by atoms with Gasteiger partial charge in [-0.1, -0.05) is 48.5 Å². The molecule has 0 saturated carbocycles. The highest BCUT2D eigenvalue weighted by Gasteiger charge is 2.18. The summed E-state index contributed by atoms with van der Waals surface area (Å²) in [5, 5.41) is 0. The van der Waals surface area contributed by atoms with E-state index in [2.05, 4.69) is 0 Å². The van der Waals surface area contributed by atoms with Crippen LogP contribution in [0.3, 0.4) is 0 Å². The third-order valence-corrected chi connectivity index (χ3v) is 2.86. The summed E-state index contributed by atoms with van der Waals surface area (Å²) in [6.45, 7) is 1.88. The van der Waals surface area contributed by atoms with Gasteiger partial charge in [-0.05, 0) is 18.6 Å². The Hall–Kier alpha value is -2.13. The van der Waals surface area contributed by atoms with Gasteiger partial charge in [-0.2, -0.15) is 0 Å². The lowest BCUT2D eigenvalue weighted by atomic mass is 10.1. The first-order chi connectivity index (χ1) is 9.22. The number of carbonyl (C=O) groups excluding carboxylic acids is 1. The molecule has 3 nitrogen and oxygen atoms in total. The van der Waals surface area contributed by atoms with Crippen LogP contribution in [0, 0.1) is 6.92 Å². The normalized spacial score (nSPS) is 11.9. The van der Waals surface area contributed by atoms with Crippen molar-refractivity contribution in [2.45, 2.75) is 13.2 Å². The summed E-state index contributed by atoms with van der Waals surface area (Å²) in [7, 11) is 1.52. The maximum Gasteiger partial charge on any atom is 0.340 e. The fraction of sp³-hybridized carbons (Fsp3) is 0.188. The van der Waals surface area contributed by atoms with Crippen LogP contribution in [0.25, 0.3) is 0 Å². The standard InChI is InChI=1S/C16H16O3/c1-12-8-6-7-11-14(12)15(17)19-16(18-2)13-9-4-3-5-10-13/h3-11,16H,1-2H3. The molecule has 2 aromatic carbocycles. The highest BCUT2D eigenvalue weighted by atomic mass is 16.7. The summed E-state index contributed by atoms with van der Waals surface area (Å²) < 4.78 is 10.6. The quantitative estimate of drug-likeness (QED) is 0.620. The molecule has 3 heteroatoms. The summed E-state index contributed by atoms with van der Waals surface area (Å²) in [5.74, 6) is -0.381. The molecule has 0 aliphatic carbocycles. The highest BCUT2D eigenvalue weighted by molar-refractivity contribution is 5.91. The van der Waals surface area contributed by atoms with Crippen LogP contribution in [0.1, 0.15) is 27.8 Å². The molecule has 0 fully saturated rings. The van der Waals surface area contributed by atoms with Gasteiger partial charge in [0, 0.05) is 12.7 Å². The number of hydrogen-bond acceptors (Lipinski definition) is 3. The van der Waals surface area contributed by atoms with Crippen molar-refractivity contribution in [3.63, 3.8) is 0 Å². The van der Waals surface area contributed by atoms with Crippen LogP contribution >= 0.6 is 0 Å². The van der Waals surface area contributed by atoms with E-state index in [1.807, 2.05) is 55.5 Å². The van der Waals surface area contributed by atoms with Crippen LogP contribution in [0.2, 0.25) is 0 Å². The first-order valence-electron chi connectivity index (χ1n) is 6.06. The lowest BCUT2D eigenvalue weighted by Gasteiger charge is -2.17. The molecule has 98 valence electrons. The van der Waals surface area contributed by atoms with Crippen molar-refractivity contribution in [1.82, 2.24) is 0 Å². The monoisotopic (exact) mass is 256 g/mol. The Morgan fingerprint density at radius 2 is 1.63 bits per heavy atom.